The summed E-state index contributed by atoms with van der Waals surface area (Å²) in [5, 5.41) is 9.85. The van der Waals surface area contributed by atoms with Crippen LogP contribution in [0.2, 0.25) is 0 Å². The van der Waals surface area contributed by atoms with Gasteiger partial charge in [0, 0.05) is 43.4 Å². The highest BCUT2D eigenvalue weighted by atomic mass is 16.3. The number of hydrogen-bond donors (Lipinski definition) is 0. The molecule has 0 bridgehead atoms. The quantitative estimate of drug-likeness (QED) is 0.176. The summed E-state index contributed by atoms with van der Waals surface area (Å²) in [5.74, 6) is 0. The zero-order valence-electron chi connectivity index (χ0n) is 39.4. The lowest BCUT2D eigenvalue weighted by Crippen LogP contribution is -1.93. The maximum atomic E-state index is 5.86. The Hall–Kier alpha value is -8.92. The van der Waals surface area contributed by atoms with Crippen LogP contribution in [0, 0.1) is 20.8 Å². The Labute approximate surface area is 407 Å². The number of aromatic nitrogens is 1. The molecule has 3 heteroatoms. The molecule has 0 saturated heterocycles. The number of nitrogens with zero attached hydrogens (tertiary/aromatic N) is 1. The van der Waals surface area contributed by atoms with E-state index in [0.29, 0.717) is 0 Å². The summed E-state index contributed by atoms with van der Waals surface area (Å²) in [4.78, 5) is 0. The van der Waals surface area contributed by atoms with E-state index >= 15 is 0 Å². The fourth-order valence-electron chi connectivity index (χ4n) is 9.85. The van der Waals surface area contributed by atoms with Crippen LogP contribution >= 0.6 is 0 Å². The summed E-state index contributed by atoms with van der Waals surface area (Å²) in [6.07, 6.45) is 0. The zero-order chi connectivity index (χ0) is 47.1. The van der Waals surface area contributed by atoms with Gasteiger partial charge < -0.3 is 13.4 Å². The molecule has 0 amide bonds. The molecule has 0 aliphatic rings. The van der Waals surface area contributed by atoms with Crippen molar-refractivity contribution in [2.45, 2.75) is 20.8 Å². The van der Waals surface area contributed by atoms with Crippen LogP contribution < -0.4 is 0 Å². The number of hydrogen-bond acceptors (Lipinski definition) is 2. The second-order valence-corrected chi connectivity index (χ2v) is 18.3. The standard InChI is InChI=1S/C29H21N.2C19H14O/c1-20-11-13-21(14-12-20)23-16-18-28-27(19-23)26-17-15-22-7-5-6-10-25(22)29(26)30(28)24-8-3-2-4-9-24;2*1-13-6-8-14(9-7-13)15-10-11-19-17(12-15)16-4-2-3-5-18(16)20-19/h2-19H,1H3;2*2-12H,1H3. The SMILES string of the molecule is Cc1ccc(-c2ccc3c(c2)c2ccc4ccccc4c2n3-c2ccccc2)cc1.Cc1ccc(-c2ccc3oc4ccccc4c3c2)cc1.Cc1ccc(-c2ccc3oc4ccccc4c3c2)cc1. The predicted octanol–water partition coefficient (Wildman–Crippen LogP) is 19.0. The molecule has 0 atom stereocenters. The van der Waals surface area contributed by atoms with Crippen LogP contribution in [-0.4, -0.2) is 4.57 Å². The molecule has 14 aromatic rings. The summed E-state index contributed by atoms with van der Waals surface area (Å²) in [6, 6.07) is 85.9. The second kappa shape index (κ2) is 18.0. The Kier molecular flexibility index (Phi) is 10.9. The van der Waals surface area contributed by atoms with Crippen molar-refractivity contribution in [3.63, 3.8) is 0 Å². The van der Waals surface area contributed by atoms with Gasteiger partial charge >= 0.3 is 0 Å². The van der Waals surface area contributed by atoms with Gasteiger partial charge in [0.2, 0.25) is 0 Å². The molecule has 14 rings (SSSR count). The molecule has 70 heavy (non-hydrogen) atoms. The zero-order valence-corrected chi connectivity index (χ0v) is 39.4. The van der Waals surface area contributed by atoms with E-state index in [0.717, 1.165) is 22.3 Å². The first-order chi connectivity index (χ1) is 34.4. The minimum absolute atomic E-state index is 0.946. The lowest BCUT2D eigenvalue weighted by atomic mass is 10.0. The second-order valence-electron chi connectivity index (χ2n) is 18.3. The molecule has 334 valence electrons. The van der Waals surface area contributed by atoms with Gasteiger partial charge in [0.25, 0.3) is 0 Å². The van der Waals surface area contributed by atoms with Crippen molar-refractivity contribution in [2.75, 3.05) is 0 Å². The summed E-state index contributed by atoms with van der Waals surface area (Å²) >= 11 is 0. The Morgan fingerprint density at radius 1 is 0.271 bits per heavy atom. The minimum Gasteiger partial charge on any atom is -0.456 e. The van der Waals surface area contributed by atoms with E-state index in [9.17, 15) is 0 Å². The van der Waals surface area contributed by atoms with Gasteiger partial charge in [-0.1, -0.05) is 199 Å². The largest absolute Gasteiger partial charge is 0.456 e. The van der Waals surface area contributed by atoms with Gasteiger partial charge in [0.05, 0.1) is 11.0 Å². The molecule has 0 fully saturated rings. The van der Waals surface area contributed by atoms with Crippen molar-refractivity contribution in [3.8, 4) is 39.1 Å². The molecule has 0 spiro atoms. The van der Waals surface area contributed by atoms with E-state index in [-0.39, 0.29) is 0 Å². The number of benzene rings is 11. The van der Waals surface area contributed by atoms with Gasteiger partial charge in [-0.3, -0.25) is 0 Å². The maximum Gasteiger partial charge on any atom is 0.135 e. The van der Waals surface area contributed by atoms with Crippen molar-refractivity contribution >= 4 is 76.5 Å². The van der Waals surface area contributed by atoms with Crippen LogP contribution in [0.4, 0.5) is 0 Å². The molecular formula is C67H49NO2. The van der Waals surface area contributed by atoms with Crippen molar-refractivity contribution in [2.24, 2.45) is 0 Å². The van der Waals surface area contributed by atoms with Crippen LogP contribution in [0.3, 0.4) is 0 Å². The van der Waals surface area contributed by atoms with E-state index < -0.39 is 0 Å². The lowest BCUT2D eigenvalue weighted by Gasteiger charge is -2.10. The third-order valence-corrected chi connectivity index (χ3v) is 13.6. The number of aryl methyl sites for hydroxylation is 3. The number of para-hydroxylation sites is 3. The highest BCUT2D eigenvalue weighted by Gasteiger charge is 2.16. The first-order valence-corrected chi connectivity index (χ1v) is 24.0. The Bertz CT molecular complexity index is 4020. The van der Waals surface area contributed by atoms with Gasteiger partial charge in [-0.25, -0.2) is 0 Å². The summed E-state index contributed by atoms with van der Waals surface area (Å²) in [7, 11) is 0. The highest BCUT2D eigenvalue weighted by Crippen LogP contribution is 2.39. The molecule has 0 N–H and O–H groups in total. The lowest BCUT2D eigenvalue weighted by molar-refractivity contribution is 0.668. The van der Waals surface area contributed by atoms with E-state index in [1.165, 1.54) is 110 Å². The van der Waals surface area contributed by atoms with Crippen LogP contribution in [0.15, 0.2) is 251 Å². The smallest absolute Gasteiger partial charge is 0.135 e. The third-order valence-electron chi connectivity index (χ3n) is 13.6. The Morgan fingerprint density at radius 2 is 0.671 bits per heavy atom. The molecule has 0 aliphatic carbocycles. The monoisotopic (exact) mass is 899 g/mol. The minimum atomic E-state index is 0.946. The molecule has 11 aromatic carbocycles. The molecule has 3 nitrogen and oxygen atoms in total. The molecule has 0 saturated carbocycles. The van der Waals surface area contributed by atoms with Gasteiger partial charge in [-0.05, 0) is 120 Å². The fraction of sp³-hybridized carbons (Fsp3) is 0.0448. The number of furan rings is 2. The van der Waals surface area contributed by atoms with Crippen LogP contribution in [-0.2, 0) is 0 Å². The van der Waals surface area contributed by atoms with Crippen LogP contribution in [0.1, 0.15) is 16.7 Å². The van der Waals surface area contributed by atoms with Gasteiger partial charge in [0.1, 0.15) is 22.3 Å². The average molecular weight is 900 g/mol. The Morgan fingerprint density at radius 3 is 1.19 bits per heavy atom. The molecule has 0 radical (unpaired) electrons. The van der Waals surface area contributed by atoms with E-state index in [4.69, 9.17) is 8.83 Å². The first-order valence-electron chi connectivity index (χ1n) is 24.0. The van der Waals surface area contributed by atoms with E-state index in [1.54, 1.807) is 0 Å². The molecular weight excluding hydrogens is 851 g/mol. The van der Waals surface area contributed by atoms with Crippen molar-refractivity contribution in [3.05, 3.63) is 259 Å². The summed E-state index contributed by atoms with van der Waals surface area (Å²) in [6.45, 7) is 6.35. The van der Waals surface area contributed by atoms with E-state index in [2.05, 4.69) is 244 Å². The van der Waals surface area contributed by atoms with Crippen molar-refractivity contribution in [1.82, 2.24) is 4.57 Å². The molecule has 0 aliphatic heterocycles. The van der Waals surface area contributed by atoms with Crippen molar-refractivity contribution < 1.29 is 8.83 Å². The predicted molar refractivity (Wildman–Crippen MR) is 296 cm³/mol. The third kappa shape index (κ3) is 7.98. The van der Waals surface area contributed by atoms with Crippen molar-refractivity contribution in [1.29, 1.82) is 0 Å². The molecule has 3 heterocycles. The van der Waals surface area contributed by atoms with Crippen LogP contribution in [0.5, 0.6) is 0 Å². The highest BCUT2D eigenvalue weighted by molar-refractivity contribution is 6.19. The van der Waals surface area contributed by atoms with Gasteiger partial charge in [-0.2, -0.15) is 0 Å². The Balaban J connectivity index is 0.000000112. The normalized spacial score (nSPS) is 11.4. The topological polar surface area (TPSA) is 31.2 Å². The molecule has 3 aromatic heterocycles. The number of fused-ring (bicyclic) bond motifs is 11. The maximum absolute atomic E-state index is 5.86. The van der Waals surface area contributed by atoms with Crippen LogP contribution in [0.25, 0.3) is 116 Å². The summed E-state index contributed by atoms with van der Waals surface area (Å²) < 4.78 is 14.1. The van der Waals surface area contributed by atoms with Gasteiger partial charge in [0.15, 0.2) is 0 Å². The van der Waals surface area contributed by atoms with Gasteiger partial charge in [-0.15, -0.1) is 0 Å². The fourth-order valence-corrected chi connectivity index (χ4v) is 9.85. The summed E-state index contributed by atoms with van der Waals surface area (Å²) in [5.41, 5.74) is 18.8. The average Bonchev–Trinajstić information content (AvgIpc) is 4.09. The first kappa shape index (κ1) is 42.4. The number of rotatable bonds is 4. The molecule has 0 unspecified atom stereocenters. The van der Waals surface area contributed by atoms with E-state index in [1.807, 2.05) is 24.3 Å².